The molecule has 0 saturated carbocycles. The van der Waals surface area contributed by atoms with Gasteiger partial charge in [-0.1, -0.05) is 24.3 Å². The Bertz CT molecular complexity index is 1360. The number of nitrogens with zero attached hydrogens (tertiary/aromatic N) is 4. The van der Waals surface area contributed by atoms with Gasteiger partial charge in [-0.25, -0.2) is 4.98 Å². The monoisotopic (exact) mass is 425 g/mol. The Kier molecular flexibility index (Phi) is 5.61. The van der Waals surface area contributed by atoms with Gasteiger partial charge < -0.3 is 10.1 Å². The lowest BCUT2D eigenvalue weighted by molar-refractivity contribution is -0.118. The maximum Gasteiger partial charge on any atom is 0.263 e. The summed E-state index contributed by atoms with van der Waals surface area (Å²) in [6.45, 7) is 7.74. The number of rotatable bonds is 5. The number of anilines is 1. The SMILES string of the molecule is Cc1cc(C)cc(OCC(=O)Nc2c(C#N)cnn2-c2cc(C)c3cccc(C)c3n2)c1. The van der Waals surface area contributed by atoms with E-state index in [9.17, 15) is 10.1 Å². The van der Waals surface area contributed by atoms with Crippen molar-refractivity contribution < 1.29 is 9.53 Å². The summed E-state index contributed by atoms with van der Waals surface area (Å²) >= 11 is 0. The molecule has 0 radical (unpaired) electrons. The van der Waals surface area contributed by atoms with E-state index < -0.39 is 5.91 Å². The number of ether oxygens (including phenoxy) is 1. The molecule has 32 heavy (non-hydrogen) atoms. The lowest BCUT2D eigenvalue weighted by Crippen LogP contribution is -2.22. The molecular weight excluding hydrogens is 402 g/mol. The lowest BCUT2D eigenvalue weighted by Gasteiger charge is -2.13. The molecule has 2 aromatic heterocycles. The third kappa shape index (κ3) is 4.16. The molecule has 0 bridgehead atoms. The van der Waals surface area contributed by atoms with Gasteiger partial charge in [-0.3, -0.25) is 4.79 Å². The van der Waals surface area contributed by atoms with Gasteiger partial charge in [0.05, 0.1) is 11.7 Å². The first-order chi connectivity index (χ1) is 15.4. The normalized spacial score (nSPS) is 10.7. The van der Waals surface area contributed by atoms with E-state index in [1.165, 1.54) is 10.9 Å². The number of hydrogen-bond donors (Lipinski definition) is 1. The molecule has 4 rings (SSSR count). The summed E-state index contributed by atoms with van der Waals surface area (Å²) in [5.41, 5.74) is 5.27. The first-order valence-corrected chi connectivity index (χ1v) is 10.2. The minimum Gasteiger partial charge on any atom is -0.484 e. The molecule has 0 aliphatic rings. The van der Waals surface area contributed by atoms with Crippen LogP contribution in [-0.2, 0) is 4.79 Å². The number of nitriles is 1. The van der Waals surface area contributed by atoms with Crippen LogP contribution in [0.1, 0.15) is 27.8 Å². The Morgan fingerprint density at radius 3 is 2.56 bits per heavy atom. The van der Waals surface area contributed by atoms with Crippen molar-refractivity contribution in [3.8, 4) is 17.6 Å². The number of para-hydroxylation sites is 1. The molecular formula is C25H23N5O2. The van der Waals surface area contributed by atoms with Gasteiger partial charge >= 0.3 is 0 Å². The van der Waals surface area contributed by atoms with Crippen molar-refractivity contribution in [2.45, 2.75) is 27.7 Å². The van der Waals surface area contributed by atoms with E-state index in [0.717, 1.165) is 33.2 Å². The molecule has 2 heterocycles. The molecule has 0 fully saturated rings. The van der Waals surface area contributed by atoms with Crippen LogP contribution in [0.4, 0.5) is 5.82 Å². The molecule has 7 nitrogen and oxygen atoms in total. The van der Waals surface area contributed by atoms with Crippen molar-refractivity contribution in [3.05, 3.63) is 76.5 Å². The van der Waals surface area contributed by atoms with Gasteiger partial charge in [0.2, 0.25) is 0 Å². The van der Waals surface area contributed by atoms with Crippen LogP contribution < -0.4 is 10.1 Å². The highest BCUT2D eigenvalue weighted by molar-refractivity contribution is 5.92. The fraction of sp³-hybridized carbons (Fsp3) is 0.200. The van der Waals surface area contributed by atoms with Crippen molar-refractivity contribution in [1.29, 1.82) is 5.26 Å². The number of benzene rings is 2. The molecule has 2 aromatic carbocycles. The Labute approximate surface area is 186 Å². The Morgan fingerprint density at radius 2 is 1.84 bits per heavy atom. The van der Waals surface area contributed by atoms with Gasteiger partial charge in [-0.15, -0.1) is 0 Å². The largest absolute Gasteiger partial charge is 0.484 e. The number of aryl methyl sites for hydroxylation is 4. The van der Waals surface area contributed by atoms with Gasteiger partial charge in [0, 0.05) is 5.39 Å². The number of carbonyl (C=O) groups is 1. The van der Waals surface area contributed by atoms with Crippen LogP contribution >= 0.6 is 0 Å². The van der Waals surface area contributed by atoms with Crippen LogP contribution in [0, 0.1) is 39.0 Å². The van der Waals surface area contributed by atoms with Crippen LogP contribution in [0.5, 0.6) is 5.75 Å². The molecule has 0 unspecified atom stereocenters. The molecule has 0 aliphatic carbocycles. The molecule has 1 N–H and O–H groups in total. The van der Waals surface area contributed by atoms with Gasteiger partial charge in [0.15, 0.2) is 18.2 Å². The summed E-state index contributed by atoms with van der Waals surface area (Å²) in [5.74, 6) is 1.02. The Morgan fingerprint density at radius 1 is 1.09 bits per heavy atom. The minimum atomic E-state index is -0.392. The zero-order valence-electron chi connectivity index (χ0n) is 18.4. The number of hydrogen-bond acceptors (Lipinski definition) is 5. The third-order valence-corrected chi connectivity index (χ3v) is 5.16. The van der Waals surface area contributed by atoms with E-state index >= 15 is 0 Å². The van der Waals surface area contributed by atoms with Crippen LogP contribution in [0.2, 0.25) is 0 Å². The number of fused-ring (bicyclic) bond motifs is 1. The highest BCUT2D eigenvalue weighted by Crippen LogP contribution is 2.25. The number of nitrogens with one attached hydrogen (secondary N) is 1. The van der Waals surface area contributed by atoms with Crippen molar-refractivity contribution in [2.75, 3.05) is 11.9 Å². The fourth-order valence-corrected chi connectivity index (χ4v) is 3.71. The summed E-state index contributed by atoms with van der Waals surface area (Å²) in [4.78, 5) is 17.4. The molecule has 0 saturated heterocycles. The summed E-state index contributed by atoms with van der Waals surface area (Å²) in [5, 5.41) is 17.6. The molecule has 0 atom stereocenters. The number of amides is 1. The Hall–Kier alpha value is -4.18. The topological polar surface area (TPSA) is 92.8 Å². The van der Waals surface area contributed by atoms with Gasteiger partial charge in [0.25, 0.3) is 5.91 Å². The zero-order valence-corrected chi connectivity index (χ0v) is 18.4. The predicted octanol–water partition coefficient (Wildman–Crippen LogP) is 4.54. The first kappa shape index (κ1) is 21.1. The fourth-order valence-electron chi connectivity index (χ4n) is 3.71. The van der Waals surface area contributed by atoms with Crippen LogP contribution in [0.15, 0.2) is 48.7 Å². The van der Waals surface area contributed by atoms with Crippen molar-refractivity contribution in [3.63, 3.8) is 0 Å². The van der Waals surface area contributed by atoms with Crippen LogP contribution in [0.3, 0.4) is 0 Å². The average Bonchev–Trinajstić information content (AvgIpc) is 3.14. The van der Waals surface area contributed by atoms with E-state index in [-0.39, 0.29) is 18.0 Å². The van der Waals surface area contributed by atoms with E-state index in [1.54, 1.807) is 0 Å². The summed E-state index contributed by atoms with van der Waals surface area (Å²) in [7, 11) is 0. The highest BCUT2D eigenvalue weighted by atomic mass is 16.5. The second-order valence-electron chi connectivity index (χ2n) is 7.86. The van der Waals surface area contributed by atoms with Crippen LogP contribution in [-0.4, -0.2) is 27.3 Å². The summed E-state index contributed by atoms with van der Waals surface area (Å²) < 4.78 is 7.13. The first-order valence-electron chi connectivity index (χ1n) is 10.2. The standard InChI is InChI=1S/C25H23N5O2/c1-15-8-16(2)10-20(9-15)32-14-23(31)29-25-19(12-26)13-27-30(25)22-11-18(4)21-7-5-6-17(3)24(21)28-22/h5-11,13H,14H2,1-4H3,(H,29,31). The van der Waals surface area contributed by atoms with E-state index in [1.807, 2.05) is 70.2 Å². The van der Waals surface area contributed by atoms with Gasteiger partial charge in [-0.2, -0.15) is 15.0 Å². The number of aromatic nitrogens is 3. The van der Waals surface area contributed by atoms with E-state index in [4.69, 9.17) is 9.72 Å². The quantitative estimate of drug-likeness (QED) is 0.507. The minimum absolute atomic E-state index is 0.192. The summed E-state index contributed by atoms with van der Waals surface area (Å²) in [6, 6.07) is 15.7. The second kappa shape index (κ2) is 8.52. The van der Waals surface area contributed by atoms with Gasteiger partial charge in [0.1, 0.15) is 17.4 Å². The van der Waals surface area contributed by atoms with Crippen LogP contribution in [0.25, 0.3) is 16.7 Å². The second-order valence-corrected chi connectivity index (χ2v) is 7.86. The molecule has 0 aliphatic heterocycles. The molecule has 1 amide bonds. The molecule has 7 heteroatoms. The maximum absolute atomic E-state index is 12.6. The maximum atomic E-state index is 12.6. The lowest BCUT2D eigenvalue weighted by atomic mass is 10.1. The molecule has 0 spiro atoms. The average molecular weight is 425 g/mol. The molecule has 4 aromatic rings. The highest BCUT2D eigenvalue weighted by Gasteiger charge is 2.17. The van der Waals surface area contributed by atoms with Gasteiger partial charge in [-0.05, 0) is 68.1 Å². The van der Waals surface area contributed by atoms with E-state index in [2.05, 4.69) is 16.5 Å². The smallest absolute Gasteiger partial charge is 0.263 e. The summed E-state index contributed by atoms with van der Waals surface area (Å²) in [6.07, 6.45) is 1.42. The van der Waals surface area contributed by atoms with E-state index in [0.29, 0.717) is 11.6 Å². The molecule has 160 valence electrons. The zero-order chi connectivity index (χ0) is 22.8. The Balaban J connectivity index is 1.63. The number of pyridine rings is 1. The predicted molar refractivity (Wildman–Crippen MR) is 123 cm³/mol. The number of carbonyl (C=O) groups excluding carboxylic acids is 1. The van der Waals surface area contributed by atoms with Crippen molar-refractivity contribution >= 4 is 22.6 Å². The van der Waals surface area contributed by atoms with Crippen molar-refractivity contribution in [1.82, 2.24) is 14.8 Å². The third-order valence-electron chi connectivity index (χ3n) is 5.16. The van der Waals surface area contributed by atoms with Crippen molar-refractivity contribution in [2.24, 2.45) is 0 Å².